The van der Waals surface area contributed by atoms with Crippen molar-refractivity contribution in [1.82, 2.24) is 4.90 Å². The van der Waals surface area contributed by atoms with Crippen LogP contribution in [0.15, 0.2) is 78.9 Å². The van der Waals surface area contributed by atoms with Crippen LogP contribution in [0.2, 0.25) is 0 Å². The molecule has 0 unspecified atom stereocenters. The first kappa shape index (κ1) is 21.5. The lowest BCUT2D eigenvalue weighted by atomic mass is 10.1. The zero-order valence-electron chi connectivity index (χ0n) is 17.7. The van der Waals surface area contributed by atoms with E-state index >= 15 is 0 Å². The van der Waals surface area contributed by atoms with Crippen LogP contribution in [0.25, 0.3) is 0 Å². The molecule has 1 aliphatic rings. The molecular weight excluding hydrogens is 406 g/mol. The molecule has 7 heteroatoms. The van der Waals surface area contributed by atoms with Crippen molar-refractivity contribution in [3.05, 3.63) is 106 Å². The van der Waals surface area contributed by atoms with E-state index in [1.807, 2.05) is 65.6 Å². The van der Waals surface area contributed by atoms with Gasteiger partial charge in [0.25, 0.3) is 11.6 Å². The molecular formula is C25H25N3O4. The number of hydrogen-bond acceptors (Lipinski definition) is 5. The molecule has 7 nitrogen and oxygen atoms in total. The lowest BCUT2D eigenvalue weighted by Crippen LogP contribution is -2.36. The fraction of sp³-hybridized carbons (Fsp3) is 0.240. The first-order chi connectivity index (χ1) is 15.6. The van der Waals surface area contributed by atoms with Gasteiger partial charge in [0.05, 0.1) is 18.1 Å². The fourth-order valence-corrected chi connectivity index (χ4v) is 3.86. The Kier molecular flexibility index (Phi) is 6.77. The zero-order valence-corrected chi connectivity index (χ0v) is 17.7. The Morgan fingerprint density at radius 2 is 1.47 bits per heavy atom. The lowest BCUT2D eigenvalue weighted by Gasteiger charge is -2.29. The van der Waals surface area contributed by atoms with Crippen LogP contribution in [0.3, 0.4) is 0 Å². The molecule has 164 valence electrons. The average Bonchev–Trinajstić information content (AvgIpc) is 2.84. The summed E-state index contributed by atoms with van der Waals surface area (Å²) in [4.78, 5) is 28.5. The van der Waals surface area contributed by atoms with E-state index in [0.717, 1.165) is 11.1 Å². The molecule has 4 rings (SSSR count). The number of nitro benzene ring substituents is 1. The van der Waals surface area contributed by atoms with E-state index in [4.69, 9.17) is 4.74 Å². The van der Waals surface area contributed by atoms with Gasteiger partial charge in [-0.3, -0.25) is 14.9 Å². The van der Waals surface area contributed by atoms with Crippen LogP contribution in [0.5, 0.6) is 0 Å². The molecule has 0 N–H and O–H groups in total. The standard InChI is InChI=1S/C25H25N3O4/c29-25(22-11-12-23(24(17-22)28(30)31)26-13-15-32-16-14-26)27(18-20-7-3-1-4-8-20)19-21-9-5-2-6-10-21/h1-12,17H,13-16,18-19H2. The Morgan fingerprint density at radius 1 is 0.906 bits per heavy atom. The second-order valence-electron chi connectivity index (χ2n) is 7.69. The zero-order chi connectivity index (χ0) is 22.3. The van der Waals surface area contributed by atoms with Crippen LogP contribution in [0, 0.1) is 10.1 Å². The molecule has 0 radical (unpaired) electrons. The third-order valence-corrected chi connectivity index (χ3v) is 5.49. The molecule has 1 amide bonds. The summed E-state index contributed by atoms with van der Waals surface area (Å²) in [6.45, 7) is 3.05. The largest absolute Gasteiger partial charge is 0.378 e. The Hall–Kier alpha value is -3.71. The van der Waals surface area contributed by atoms with Crippen LogP contribution in [-0.2, 0) is 17.8 Å². The summed E-state index contributed by atoms with van der Waals surface area (Å²) < 4.78 is 5.36. The third kappa shape index (κ3) is 5.12. The predicted octanol–water partition coefficient (Wildman–Crippen LogP) is 4.27. The van der Waals surface area contributed by atoms with Gasteiger partial charge in [0.1, 0.15) is 5.69 Å². The minimum atomic E-state index is -0.416. The molecule has 32 heavy (non-hydrogen) atoms. The van der Waals surface area contributed by atoms with Gasteiger partial charge >= 0.3 is 0 Å². The van der Waals surface area contributed by atoms with Gasteiger partial charge in [-0.1, -0.05) is 60.7 Å². The molecule has 1 saturated heterocycles. The minimum Gasteiger partial charge on any atom is -0.378 e. The Bertz CT molecular complexity index is 1030. The van der Waals surface area contributed by atoms with Gasteiger partial charge in [-0.25, -0.2) is 0 Å². The van der Waals surface area contributed by atoms with Crippen molar-refractivity contribution < 1.29 is 14.5 Å². The summed E-state index contributed by atoms with van der Waals surface area (Å²) in [5, 5.41) is 11.8. The first-order valence-electron chi connectivity index (χ1n) is 10.6. The Morgan fingerprint density at radius 3 is 2.00 bits per heavy atom. The van der Waals surface area contributed by atoms with Gasteiger partial charge in [0.2, 0.25) is 0 Å². The summed E-state index contributed by atoms with van der Waals surface area (Å²) in [5.74, 6) is -0.241. The highest BCUT2D eigenvalue weighted by Gasteiger charge is 2.25. The van der Waals surface area contributed by atoms with Crippen molar-refractivity contribution in [3.63, 3.8) is 0 Å². The van der Waals surface area contributed by atoms with Crippen molar-refractivity contribution >= 4 is 17.3 Å². The van der Waals surface area contributed by atoms with Gasteiger partial charge in [0.15, 0.2) is 0 Å². The number of benzene rings is 3. The van der Waals surface area contributed by atoms with E-state index in [-0.39, 0.29) is 11.6 Å². The summed E-state index contributed by atoms with van der Waals surface area (Å²) in [5.41, 5.74) is 2.76. The Balaban J connectivity index is 1.64. The smallest absolute Gasteiger partial charge is 0.293 e. The molecule has 0 saturated carbocycles. The van der Waals surface area contributed by atoms with Crippen LogP contribution in [0.4, 0.5) is 11.4 Å². The maximum absolute atomic E-state index is 13.5. The van der Waals surface area contributed by atoms with E-state index < -0.39 is 4.92 Å². The molecule has 3 aromatic carbocycles. The predicted molar refractivity (Wildman–Crippen MR) is 123 cm³/mol. The number of ether oxygens (including phenoxy) is 1. The topological polar surface area (TPSA) is 75.9 Å². The molecule has 1 heterocycles. The minimum absolute atomic E-state index is 0.0582. The number of nitro groups is 1. The van der Waals surface area contributed by atoms with Crippen LogP contribution in [-0.4, -0.2) is 42.0 Å². The van der Waals surface area contributed by atoms with Crippen LogP contribution in [0.1, 0.15) is 21.5 Å². The third-order valence-electron chi connectivity index (χ3n) is 5.49. The molecule has 0 aliphatic carbocycles. The fourth-order valence-electron chi connectivity index (χ4n) is 3.86. The lowest BCUT2D eigenvalue weighted by molar-refractivity contribution is -0.384. The number of carbonyl (C=O) groups is 1. The van der Waals surface area contributed by atoms with Gasteiger partial charge < -0.3 is 14.5 Å². The summed E-state index contributed by atoms with van der Waals surface area (Å²) >= 11 is 0. The molecule has 0 atom stereocenters. The monoisotopic (exact) mass is 431 g/mol. The molecule has 0 bridgehead atoms. The van der Waals surface area contributed by atoms with E-state index in [9.17, 15) is 14.9 Å². The van der Waals surface area contributed by atoms with Crippen LogP contribution < -0.4 is 4.90 Å². The number of carbonyl (C=O) groups excluding carboxylic acids is 1. The average molecular weight is 431 g/mol. The molecule has 3 aromatic rings. The number of nitrogens with zero attached hydrogens (tertiary/aromatic N) is 3. The van der Waals surface area contributed by atoms with Crippen molar-refractivity contribution in [2.24, 2.45) is 0 Å². The quantitative estimate of drug-likeness (QED) is 0.412. The van der Waals surface area contributed by atoms with E-state index in [2.05, 4.69) is 0 Å². The maximum atomic E-state index is 13.5. The number of amides is 1. The van der Waals surface area contributed by atoms with Gasteiger partial charge in [0, 0.05) is 37.8 Å². The second-order valence-corrected chi connectivity index (χ2v) is 7.69. The SMILES string of the molecule is O=C(c1ccc(N2CCOCC2)c([N+](=O)[O-])c1)N(Cc1ccccc1)Cc1ccccc1. The van der Waals surface area contributed by atoms with Crippen molar-refractivity contribution in [3.8, 4) is 0 Å². The van der Waals surface area contributed by atoms with Gasteiger partial charge in [-0.05, 0) is 23.3 Å². The number of morpholine rings is 1. The van der Waals surface area contributed by atoms with Crippen molar-refractivity contribution in [2.75, 3.05) is 31.2 Å². The van der Waals surface area contributed by atoms with E-state index in [1.54, 1.807) is 17.0 Å². The summed E-state index contributed by atoms with van der Waals surface area (Å²) in [6.07, 6.45) is 0. The van der Waals surface area contributed by atoms with Crippen molar-refractivity contribution in [2.45, 2.75) is 13.1 Å². The number of rotatable bonds is 7. The molecule has 1 fully saturated rings. The molecule has 1 aliphatic heterocycles. The van der Waals surface area contributed by atoms with E-state index in [0.29, 0.717) is 50.6 Å². The Labute approximate surface area is 187 Å². The molecule has 0 aromatic heterocycles. The maximum Gasteiger partial charge on any atom is 0.293 e. The highest BCUT2D eigenvalue weighted by atomic mass is 16.6. The number of anilines is 1. The van der Waals surface area contributed by atoms with E-state index in [1.165, 1.54) is 6.07 Å². The second kappa shape index (κ2) is 10.1. The number of hydrogen-bond donors (Lipinski definition) is 0. The normalized spacial score (nSPS) is 13.6. The summed E-state index contributed by atoms with van der Waals surface area (Å²) in [6, 6.07) is 24.2. The van der Waals surface area contributed by atoms with Gasteiger partial charge in [-0.15, -0.1) is 0 Å². The summed E-state index contributed by atoms with van der Waals surface area (Å²) in [7, 11) is 0. The highest BCUT2D eigenvalue weighted by molar-refractivity contribution is 5.95. The van der Waals surface area contributed by atoms with Crippen LogP contribution >= 0.6 is 0 Å². The van der Waals surface area contributed by atoms with Crippen molar-refractivity contribution in [1.29, 1.82) is 0 Å². The van der Waals surface area contributed by atoms with Gasteiger partial charge in [-0.2, -0.15) is 0 Å². The first-order valence-corrected chi connectivity index (χ1v) is 10.6. The molecule has 0 spiro atoms. The highest BCUT2D eigenvalue weighted by Crippen LogP contribution is 2.30.